The lowest BCUT2D eigenvalue weighted by Gasteiger charge is -2.17. The third-order valence-electron chi connectivity index (χ3n) is 4.00. The van der Waals surface area contributed by atoms with Crippen LogP contribution in [0.1, 0.15) is 49.2 Å². The fraction of sp³-hybridized carbons (Fsp3) is 0.350. The molecule has 28 heavy (non-hydrogen) atoms. The number of benzene rings is 2. The van der Waals surface area contributed by atoms with Gasteiger partial charge in [-0.15, -0.1) is 0 Å². The summed E-state index contributed by atoms with van der Waals surface area (Å²) < 4.78 is 34.3. The Morgan fingerprint density at radius 2 is 1.86 bits per heavy atom. The average molecular weight is 407 g/mol. The number of carbonyl (C=O) groups excluding carboxylic acids is 1. The Labute approximate surface area is 165 Å². The molecule has 0 spiro atoms. The second-order valence-corrected chi connectivity index (χ2v) is 7.82. The molecule has 0 radical (unpaired) electrons. The van der Waals surface area contributed by atoms with Crippen molar-refractivity contribution < 1.29 is 22.7 Å². The third kappa shape index (κ3) is 5.71. The van der Waals surface area contributed by atoms with E-state index in [-0.39, 0.29) is 10.8 Å². The van der Waals surface area contributed by atoms with E-state index < -0.39 is 16.1 Å². The lowest BCUT2D eigenvalue weighted by Crippen LogP contribution is -2.27. The normalized spacial score (nSPS) is 12.3. The Hall–Kier alpha value is -2.58. The SMILES string of the molecule is CCCOc1ccc(C(=O)N[C@@H](C)c2cccc(S(N)(=O)=O)c2)cc1OCC. The van der Waals surface area contributed by atoms with Crippen molar-refractivity contribution in [1.29, 1.82) is 0 Å². The summed E-state index contributed by atoms with van der Waals surface area (Å²) >= 11 is 0. The average Bonchev–Trinajstić information content (AvgIpc) is 2.66. The smallest absolute Gasteiger partial charge is 0.251 e. The zero-order valence-electron chi connectivity index (χ0n) is 16.3. The number of nitrogens with one attached hydrogen (secondary N) is 1. The molecule has 152 valence electrons. The number of nitrogens with two attached hydrogens (primary N) is 1. The van der Waals surface area contributed by atoms with Crippen molar-refractivity contribution in [2.45, 2.75) is 38.1 Å². The number of ether oxygens (including phenoxy) is 2. The summed E-state index contributed by atoms with van der Waals surface area (Å²) in [5.74, 6) is 0.790. The van der Waals surface area contributed by atoms with Crippen LogP contribution in [0.15, 0.2) is 47.4 Å². The molecule has 7 nitrogen and oxygen atoms in total. The molecule has 0 fully saturated rings. The van der Waals surface area contributed by atoms with Crippen LogP contribution in [0.25, 0.3) is 0 Å². The van der Waals surface area contributed by atoms with E-state index in [1.165, 1.54) is 12.1 Å². The van der Waals surface area contributed by atoms with E-state index in [1.807, 2.05) is 13.8 Å². The molecule has 0 heterocycles. The molecular formula is C20H26N2O5S. The largest absolute Gasteiger partial charge is 0.490 e. The summed E-state index contributed by atoms with van der Waals surface area (Å²) in [6.07, 6.45) is 0.864. The predicted molar refractivity (Wildman–Crippen MR) is 107 cm³/mol. The number of hydrogen-bond donors (Lipinski definition) is 2. The van der Waals surface area contributed by atoms with E-state index >= 15 is 0 Å². The molecule has 3 N–H and O–H groups in total. The van der Waals surface area contributed by atoms with Crippen LogP contribution in [0.2, 0.25) is 0 Å². The Morgan fingerprint density at radius 3 is 2.50 bits per heavy atom. The molecule has 0 unspecified atom stereocenters. The molecule has 2 aromatic carbocycles. The van der Waals surface area contributed by atoms with E-state index in [0.717, 1.165) is 6.42 Å². The van der Waals surface area contributed by atoms with Gasteiger partial charge in [0.1, 0.15) is 0 Å². The Kier molecular flexibility index (Phi) is 7.42. The van der Waals surface area contributed by atoms with Crippen LogP contribution in [-0.2, 0) is 10.0 Å². The molecule has 1 amide bonds. The van der Waals surface area contributed by atoms with Crippen molar-refractivity contribution in [2.24, 2.45) is 5.14 Å². The van der Waals surface area contributed by atoms with Gasteiger partial charge in [-0.1, -0.05) is 19.1 Å². The quantitative estimate of drug-likeness (QED) is 0.665. The molecule has 0 aromatic heterocycles. The summed E-state index contributed by atoms with van der Waals surface area (Å²) in [6.45, 7) is 6.64. The molecule has 8 heteroatoms. The fourth-order valence-corrected chi connectivity index (χ4v) is 3.14. The van der Waals surface area contributed by atoms with Gasteiger partial charge in [-0.3, -0.25) is 4.79 Å². The molecule has 0 aliphatic rings. The lowest BCUT2D eigenvalue weighted by molar-refractivity contribution is 0.0939. The van der Waals surface area contributed by atoms with Crippen molar-refractivity contribution in [1.82, 2.24) is 5.32 Å². The maximum absolute atomic E-state index is 12.6. The molecule has 0 aliphatic carbocycles. The zero-order valence-corrected chi connectivity index (χ0v) is 17.1. The van der Waals surface area contributed by atoms with Gasteiger partial charge in [0.15, 0.2) is 11.5 Å². The summed E-state index contributed by atoms with van der Waals surface area (Å²) in [4.78, 5) is 12.6. The summed E-state index contributed by atoms with van der Waals surface area (Å²) in [5, 5.41) is 8.02. The van der Waals surface area contributed by atoms with Gasteiger partial charge in [0.2, 0.25) is 10.0 Å². The zero-order chi connectivity index (χ0) is 20.7. The molecule has 2 rings (SSSR count). The van der Waals surface area contributed by atoms with Crippen molar-refractivity contribution in [3.05, 3.63) is 53.6 Å². The molecule has 1 atom stereocenters. The van der Waals surface area contributed by atoms with E-state index in [2.05, 4.69) is 5.32 Å². The third-order valence-corrected chi connectivity index (χ3v) is 4.91. The highest BCUT2D eigenvalue weighted by molar-refractivity contribution is 7.89. The van der Waals surface area contributed by atoms with Gasteiger partial charge in [0.05, 0.1) is 24.2 Å². The van der Waals surface area contributed by atoms with Gasteiger partial charge in [-0.2, -0.15) is 0 Å². The van der Waals surface area contributed by atoms with Gasteiger partial charge >= 0.3 is 0 Å². The Balaban J connectivity index is 2.19. The van der Waals surface area contributed by atoms with Crippen molar-refractivity contribution >= 4 is 15.9 Å². The Bertz CT molecular complexity index is 928. The molecular weight excluding hydrogens is 380 g/mol. The van der Waals surface area contributed by atoms with E-state index in [4.69, 9.17) is 14.6 Å². The Morgan fingerprint density at radius 1 is 1.11 bits per heavy atom. The number of carbonyl (C=O) groups is 1. The first kappa shape index (κ1) is 21.7. The number of amides is 1. The number of hydrogen-bond acceptors (Lipinski definition) is 5. The van der Waals surface area contributed by atoms with Crippen LogP contribution in [-0.4, -0.2) is 27.5 Å². The van der Waals surface area contributed by atoms with Crippen LogP contribution in [0, 0.1) is 0 Å². The van der Waals surface area contributed by atoms with Gasteiger partial charge in [-0.25, -0.2) is 13.6 Å². The molecule has 0 saturated heterocycles. The minimum absolute atomic E-state index is 0.00200. The number of sulfonamides is 1. The van der Waals surface area contributed by atoms with Crippen LogP contribution in [0.4, 0.5) is 0 Å². The van der Waals surface area contributed by atoms with Crippen LogP contribution >= 0.6 is 0 Å². The number of primary sulfonamides is 1. The van der Waals surface area contributed by atoms with Gasteiger partial charge in [0, 0.05) is 5.56 Å². The summed E-state index contributed by atoms with van der Waals surface area (Å²) in [7, 11) is -3.81. The highest BCUT2D eigenvalue weighted by Crippen LogP contribution is 2.29. The first-order chi connectivity index (χ1) is 13.3. The lowest BCUT2D eigenvalue weighted by atomic mass is 10.1. The predicted octanol–water partition coefficient (Wildman–Crippen LogP) is 3.01. The first-order valence-electron chi connectivity index (χ1n) is 9.09. The minimum Gasteiger partial charge on any atom is -0.490 e. The molecule has 2 aromatic rings. The van der Waals surface area contributed by atoms with E-state index in [0.29, 0.717) is 35.8 Å². The molecule has 0 bridgehead atoms. The van der Waals surface area contributed by atoms with Crippen LogP contribution < -0.4 is 19.9 Å². The van der Waals surface area contributed by atoms with E-state index in [1.54, 1.807) is 37.3 Å². The van der Waals surface area contributed by atoms with Crippen LogP contribution in [0.3, 0.4) is 0 Å². The second kappa shape index (κ2) is 9.57. The maximum Gasteiger partial charge on any atom is 0.251 e. The van der Waals surface area contributed by atoms with Gasteiger partial charge in [-0.05, 0) is 56.2 Å². The van der Waals surface area contributed by atoms with Gasteiger partial charge < -0.3 is 14.8 Å². The van der Waals surface area contributed by atoms with Crippen LogP contribution in [0.5, 0.6) is 11.5 Å². The van der Waals surface area contributed by atoms with Crippen molar-refractivity contribution in [3.8, 4) is 11.5 Å². The van der Waals surface area contributed by atoms with Crippen molar-refractivity contribution in [3.63, 3.8) is 0 Å². The first-order valence-corrected chi connectivity index (χ1v) is 10.6. The molecule has 0 aliphatic heterocycles. The van der Waals surface area contributed by atoms with Gasteiger partial charge in [0.25, 0.3) is 5.91 Å². The topological polar surface area (TPSA) is 108 Å². The van der Waals surface area contributed by atoms with Crippen molar-refractivity contribution in [2.75, 3.05) is 13.2 Å². The number of rotatable bonds is 9. The monoisotopic (exact) mass is 406 g/mol. The standard InChI is InChI=1S/C20H26N2O5S/c1-4-11-27-18-10-9-16(13-19(18)26-5-2)20(23)22-14(3)15-7-6-8-17(12-15)28(21,24)25/h6-10,12-14H,4-5,11H2,1-3H3,(H,22,23)(H2,21,24,25)/t14-/m0/s1. The summed E-state index contributed by atoms with van der Waals surface area (Å²) in [6, 6.07) is 10.8. The fourth-order valence-electron chi connectivity index (χ4n) is 2.57. The summed E-state index contributed by atoms with van der Waals surface area (Å²) in [5.41, 5.74) is 1.05. The highest BCUT2D eigenvalue weighted by atomic mass is 32.2. The van der Waals surface area contributed by atoms with E-state index in [9.17, 15) is 13.2 Å². The second-order valence-electron chi connectivity index (χ2n) is 6.26. The highest BCUT2D eigenvalue weighted by Gasteiger charge is 2.16. The minimum atomic E-state index is -3.81. The maximum atomic E-state index is 12.6. The molecule has 0 saturated carbocycles.